The van der Waals surface area contributed by atoms with E-state index in [1.165, 1.54) is 0 Å². The van der Waals surface area contributed by atoms with Gasteiger partial charge in [0.1, 0.15) is 0 Å². The molecule has 0 unspecified atom stereocenters. The van der Waals surface area contributed by atoms with E-state index >= 15 is 0 Å². The summed E-state index contributed by atoms with van der Waals surface area (Å²) in [7, 11) is 0. The zero-order chi connectivity index (χ0) is 10.4. The molecule has 0 aliphatic rings. The molecule has 0 saturated carbocycles. The number of rotatable bonds is 5. The number of aliphatic hydroxyl groups excluding tert-OH is 2. The van der Waals surface area contributed by atoms with Gasteiger partial charge in [-0.2, -0.15) is 0 Å². The average Bonchev–Trinajstić information content (AvgIpc) is 2.20. The van der Waals surface area contributed by atoms with Crippen LogP contribution in [0.2, 0.25) is 5.02 Å². The molecule has 0 heterocycles. The van der Waals surface area contributed by atoms with Gasteiger partial charge >= 0.3 is 0 Å². The Kier molecular flexibility index (Phi) is 4.90. The Morgan fingerprint density at radius 2 is 2.07 bits per heavy atom. The average molecular weight is 216 g/mol. The predicted molar refractivity (Wildman–Crippen MR) is 56.3 cm³/mol. The summed E-state index contributed by atoms with van der Waals surface area (Å²) in [6.45, 7) is 0.730. The second-order valence-corrected chi connectivity index (χ2v) is 3.47. The van der Waals surface area contributed by atoms with Gasteiger partial charge in [-0.25, -0.2) is 0 Å². The van der Waals surface area contributed by atoms with E-state index in [1.54, 1.807) is 0 Å². The molecule has 14 heavy (non-hydrogen) atoms. The van der Waals surface area contributed by atoms with Crippen LogP contribution in [-0.2, 0) is 6.54 Å². The Morgan fingerprint density at radius 3 is 2.71 bits per heavy atom. The highest BCUT2D eigenvalue weighted by molar-refractivity contribution is 6.31. The third kappa shape index (κ3) is 3.64. The van der Waals surface area contributed by atoms with Crippen LogP contribution in [0.3, 0.4) is 0 Å². The lowest BCUT2D eigenvalue weighted by molar-refractivity contribution is 0.0942. The summed E-state index contributed by atoms with van der Waals surface area (Å²) in [5, 5.41) is 21.3. The van der Waals surface area contributed by atoms with Crippen molar-refractivity contribution in [2.24, 2.45) is 0 Å². The normalized spacial score (nSPS) is 12.8. The highest BCUT2D eigenvalue weighted by atomic mass is 35.5. The van der Waals surface area contributed by atoms with Crippen molar-refractivity contribution in [3.8, 4) is 0 Å². The first-order chi connectivity index (χ1) is 6.74. The van der Waals surface area contributed by atoms with Gasteiger partial charge in [0.05, 0.1) is 12.7 Å². The molecular weight excluding hydrogens is 202 g/mol. The van der Waals surface area contributed by atoms with E-state index in [4.69, 9.17) is 21.8 Å². The lowest BCUT2D eigenvalue weighted by Gasteiger charge is -2.09. The summed E-state index contributed by atoms with van der Waals surface area (Å²) in [5.74, 6) is 0. The fraction of sp³-hybridized carbons (Fsp3) is 0.400. The second kappa shape index (κ2) is 5.98. The van der Waals surface area contributed by atoms with E-state index in [1.807, 2.05) is 24.3 Å². The Morgan fingerprint density at radius 1 is 1.36 bits per heavy atom. The monoisotopic (exact) mass is 215 g/mol. The number of aliphatic hydroxyl groups is 2. The molecule has 1 aromatic rings. The summed E-state index contributed by atoms with van der Waals surface area (Å²) < 4.78 is 0. The molecule has 0 aliphatic heterocycles. The molecule has 4 heteroatoms. The van der Waals surface area contributed by atoms with Gasteiger partial charge in [-0.3, -0.25) is 0 Å². The van der Waals surface area contributed by atoms with Crippen LogP contribution in [0.4, 0.5) is 0 Å². The van der Waals surface area contributed by atoms with Gasteiger partial charge in [-0.05, 0) is 11.6 Å². The molecule has 3 N–H and O–H groups in total. The molecule has 0 radical (unpaired) electrons. The third-order valence-electron chi connectivity index (χ3n) is 1.86. The van der Waals surface area contributed by atoms with Crippen molar-refractivity contribution < 1.29 is 10.2 Å². The summed E-state index contributed by atoms with van der Waals surface area (Å²) in [6.07, 6.45) is -0.711. The van der Waals surface area contributed by atoms with Gasteiger partial charge in [-0.1, -0.05) is 29.8 Å². The smallest absolute Gasteiger partial charge is 0.0895 e. The Bertz CT molecular complexity index is 281. The van der Waals surface area contributed by atoms with Gasteiger partial charge < -0.3 is 15.5 Å². The SMILES string of the molecule is OC[C@H](O)CNCc1ccccc1Cl. The Labute approximate surface area is 88.3 Å². The molecule has 0 spiro atoms. The predicted octanol–water partition coefficient (Wildman–Crippen LogP) is 0.783. The Balaban J connectivity index is 2.35. The maximum atomic E-state index is 9.06. The van der Waals surface area contributed by atoms with E-state index in [0.29, 0.717) is 18.1 Å². The van der Waals surface area contributed by atoms with E-state index in [-0.39, 0.29) is 6.61 Å². The third-order valence-corrected chi connectivity index (χ3v) is 2.23. The number of halogens is 1. The first-order valence-electron chi connectivity index (χ1n) is 4.47. The minimum atomic E-state index is -0.711. The van der Waals surface area contributed by atoms with Crippen LogP contribution in [0.25, 0.3) is 0 Å². The number of benzene rings is 1. The van der Waals surface area contributed by atoms with Crippen molar-refractivity contribution in [2.45, 2.75) is 12.6 Å². The van der Waals surface area contributed by atoms with Crippen molar-refractivity contribution >= 4 is 11.6 Å². The first-order valence-corrected chi connectivity index (χ1v) is 4.85. The number of hydrogen-bond acceptors (Lipinski definition) is 3. The molecular formula is C10H14ClNO2. The second-order valence-electron chi connectivity index (χ2n) is 3.06. The number of hydrogen-bond donors (Lipinski definition) is 3. The number of nitrogens with one attached hydrogen (secondary N) is 1. The molecule has 0 bridgehead atoms. The van der Waals surface area contributed by atoms with Gasteiger partial charge in [0.15, 0.2) is 0 Å². The molecule has 1 aromatic carbocycles. The quantitative estimate of drug-likeness (QED) is 0.681. The van der Waals surface area contributed by atoms with Crippen LogP contribution >= 0.6 is 11.6 Å². The van der Waals surface area contributed by atoms with E-state index in [9.17, 15) is 0 Å². The highest BCUT2D eigenvalue weighted by Crippen LogP contribution is 2.13. The van der Waals surface area contributed by atoms with Crippen molar-refractivity contribution in [2.75, 3.05) is 13.2 Å². The molecule has 78 valence electrons. The van der Waals surface area contributed by atoms with Crippen molar-refractivity contribution in [3.05, 3.63) is 34.9 Å². The zero-order valence-electron chi connectivity index (χ0n) is 7.78. The van der Waals surface area contributed by atoms with Crippen molar-refractivity contribution in [3.63, 3.8) is 0 Å². The van der Waals surface area contributed by atoms with Crippen LogP contribution in [0.15, 0.2) is 24.3 Å². The fourth-order valence-corrected chi connectivity index (χ4v) is 1.28. The van der Waals surface area contributed by atoms with Crippen molar-refractivity contribution in [1.82, 2.24) is 5.32 Å². The fourth-order valence-electron chi connectivity index (χ4n) is 1.08. The molecule has 0 fully saturated rings. The lowest BCUT2D eigenvalue weighted by Crippen LogP contribution is -2.28. The lowest BCUT2D eigenvalue weighted by atomic mass is 10.2. The van der Waals surface area contributed by atoms with Crippen molar-refractivity contribution in [1.29, 1.82) is 0 Å². The topological polar surface area (TPSA) is 52.5 Å². The van der Waals surface area contributed by atoms with Crippen LogP contribution in [-0.4, -0.2) is 29.5 Å². The van der Waals surface area contributed by atoms with Gasteiger partial charge in [0.2, 0.25) is 0 Å². The summed E-state index contributed by atoms with van der Waals surface area (Å²) in [5.41, 5.74) is 0.985. The first kappa shape index (κ1) is 11.5. The molecule has 0 aliphatic carbocycles. The molecule has 1 atom stereocenters. The van der Waals surface area contributed by atoms with E-state index in [2.05, 4.69) is 5.32 Å². The van der Waals surface area contributed by atoms with Gasteiger partial charge in [0.25, 0.3) is 0 Å². The molecule has 3 nitrogen and oxygen atoms in total. The molecule has 0 saturated heterocycles. The summed E-state index contributed by atoms with van der Waals surface area (Å²) >= 11 is 5.92. The molecule has 1 rings (SSSR count). The standard InChI is InChI=1S/C10H14ClNO2/c11-10-4-2-1-3-8(10)5-12-6-9(14)7-13/h1-4,9,12-14H,5-7H2/t9-/m1/s1. The Hall–Kier alpha value is -0.610. The summed E-state index contributed by atoms with van der Waals surface area (Å²) in [6, 6.07) is 7.52. The van der Waals surface area contributed by atoms with Gasteiger partial charge in [-0.15, -0.1) is 0 Å². The highest BCUT2D eigenvalue weighted by Gasteiger charge is 2.02. The zero-order valence-corrected chi connectivity index (χ0v) is 8.54. The van der Waals surface area contributed by atoms with E-state index < -0.39 is 6.10 Å². The van der Waals surface area contributed by atoms with Crippen LogP contribution in [0, 0.1) is 0 Å². The maximum Gasteiger partial charge on any atom is 0.0895 e. The molecule has 0 amide bonds. The molecule has 0 aromatic heterocycles. The van der Waals surface area contributed by atoms with Crippen LogP contribution in [0.5, 0.6) is 0 Å². The van der Waals surface area contributed by atoms with Crippen LogP contribution in [0.1, 0.15) is 5.56 Å². The minimum absolute atomic E-state index is 0.227. The minimum Gasteiger partial charge on any atom is -0.394 e. The maximum absolute atomic E-state index is 9.06. The van der Waals surface area contributed by atoms with Crippen LogP contribution < -0.4 is 5.32 Å². The van der Waals surface area contributed by atoms with E-state index in [0.717, 1.165) is 5.56 Å². The summed E-state index contributed by atoms with van der Waals surface area (Å²) in [4.78, 5) is 0. The largest absolute Gasteiger partial charge is 0.394 e. The van der Waals surface area contributed by atoms with Gasteiger partial charge in [0, 0.05) is 18.1 Å².